The summed E-state index contributed by atoms with van der Waals surface area (Å²) in [6.45, 7) is 7.31. The van der Waals surface area contributed by atoms with E-state index in [0.717, 1.165) is 61.5 Å². The molecule has 0 aromatic heterocycles. The van der Waals surface area contributed by atoms with E-state index in [1.807, 2.05) is 48.5 Å². The number of benzene rings is 2. The Morgan fingerprint density at radius 2 is 0.804 bits per heavy atom. The molecule has 0 aliphatic heterocycles. The van der Waals surface area contributed by atoms with Gasteiger partial charge in [-0.1, -0.05) is 140 Å². The summed E-state index contributed by atoms with van der Waals surface area (Å²) in [6.07, 6.45) is 23.4. The Kier molecular flexibility index (Phi) is 27.5. The Balaban J connectivity index is 1.43. The Bertz CT molecular complexity index is 1110. The first-order valence-electron chi connectivity index (χ1n) is 20.4. The molecular weight excluding hydrogens is 633 g/mol. The van der Waals surface area contributed by atoms with Crippen LogP contribution in [0, 0.1) is 23.7 Å². The first-order valence-corrected chi connectivity index (χ1v) is 20.4. The quantitative estimate of drug-likeness (QED) is 0.0626. The van der Waals surface area contributed by atoms with Gasteiger partial charge >= 0.3 is 0 Å². The van der Waals surface area contributed by atoms with Crippen LogP contribution >= 0.6 is 0 Å². The maximum absolute atomic E-state index is 10.3. The van der Waals surface area contributed by atoms with Gasteiger partial charge in [-0.25, -0.2) is 0 Å². The van der Waals surface area contributed by atoms with Crippen LogP contribution in [0.1, 0.15) is 153 Å². The van der Waals surface area contributed by atoms with E-state index in [2.05, 4.69) is 37.5 Å². The van der Waals surface area contributed by atoms with E-state index >= 15 is 0 Å². The minimum absolute atomic E-state index is 0.512. The standard InChI is InChI=1S/C46H70O5/c1-3-5-7-9-11-13-15-23-37-50-45-31-27-41(28-32-45)39-43(47)25-19-17-21-35-49-36-22-18-20-26-44(48)40-42-29-33-46(34-30-42)51-38-24-16-14-12-10-8-6-4-2/h27-34,43-44,47-48H,3-18,21-24,35-40H2,1-2H3. The first kappa shape index (κ1) is 44.2. The SMILES string of the molecule is CCCCCCCCCCOc1ccc(CC(O)C#CCCCOCCCC#CC(O)Cc2ccc(OCCCCCCCCCC)cc2)cc1. The highest BCUT2D eigenvalue weighted by molar-refractivity contribution is 5.29. The number of ether oxygens (including phenoxy) is 3. The van der Waals surface area contributed by atoms with Crippen LogP contribution in [-0.2, 0) is 17.6 Å². The molecule has 0 aliphatic rings. The van der Waals surface area contributed by atoms with E-state index < -0.39 is 12.2 Å². The van der Waals surface area contributed by atoms with E-state index in [1.54, 1.807) is 0 Å². The number of hydrogen-bond donors (Lipinski definition) is 2. The summed E-state index contributed by atoms with van der Waals surface area (Å²) in [5, 5.41) is 20.6. The van der Waals surface area contributed by atoms with E-state index in [4.69, 9.17) is 14.2 Å². The van der Waals surface area contributed by atoms with Gasteiger partial charge in [0.15, 0.2) is 0 Å². The molecule has 2 aromatic carbocycles. The molecule has 5 nitrogen and oxygen atoms in total. The van der Waals surface area contributed by atoms with Crippen molar-refractivity contribution in [3.63, 3.8) is 0 Å². The Hall–Kier alpha value is -2.96. The van der Waals surface area contributed by atoms with Crippen molar-refractivity contribution >= 4 is 0 Å². The average Bonchev–Trinajstić information content (AvgIpc) is 3.14. The van der Waals surface area contributed by atoms with Gasteiger partial charge in [-0.15, -0.1) is 11.8 Å². The van der Waals surface area contributed by atoms with Crippen LogP contribution in [0.15, 0.2) is 48.5 Å². The zero-order valence-electron chi connectivity index (χ0n) is 32.3. The van der Waals surface area contributed by atoms with Crippen LogP contribution in [0.5, 0.6) is 11.5 Å². The van der Waals surface area contributed by atoms with E-state index in [0.29, 0.717) is 38.9 Å². The third kappa shape index (κ3) is 25.6. The molecule has 2 rings (SSSR count). The lowest BCUT2D eigenvalue weighted by Gasteiger charge is -2.08. The van der Waals surface area contributed by atoms with Crippen molar-refractivity contribution in [2.75, 3.05) is 26.4 Å². The van der Waals surface area contributed by atoms with Crippen molar-refractivity contribution in [3.8, 4) is 35.2 Å². The largest absolute Gasteiger partial charge is 0.494 e. The van der Waals surface area contributed by atoms with Crippen molar-refractivity contribution in [3.05, 3.63) is 59.7 Å². The maximum atomic E-state index is 10.3. The molecule has 0 spiro atoms. The molecule has 0 bridgehead atoms. The zero-order chi connectivity index (χ0) is 36.5. The Morgan fingerprint density at radius 1 is 0.451 bits per heavy atom. The highest BCUT2D eigenvalue weighted by atomic mass is 16.5. The third-order valence-corrected chi connectivity index (χ3v) is 8.96. The second-order valence-corrected chi connectivity index (χ2v) is 13.8. The van der Waals surface area contributed by atoms with E-state index in [9.17, 15) is 10.2 Å². The predicted octanol–water partition coefficient (Wildman–Crippen LogP) is 10.8. The molecule has 0 saturated carbocycles. The van der Waals surface area contributed by atoms with Crippen molar-refractivity contribution in [2.45, 2.75) is 167 Å². The summed E-state index contributed by atoms with van der Waals surface area (Å²) in [4.78, 5) is 0. The van der Waals surface area contributed by atoms with Crippen molar-refractivity contribution in [1.29, 1.82) is 0 Å². The molecule has 284 valence electrons. The third-order valence-electron chi connectivity index (χ3n) is 8.96. The highest BCUT2D eigenvalue weighted by Gasteiger charge is 2.04. The van der Waals surface area contributed by atoms with Gasteiger partial charge in [0.2, 0.25) is 0 Å². The van der Waals surface area contributed by atoms with Crippen LogP contribution in [0.3, 0.4) is 0 Å². The molecule has 0 fully saturated rings. The van der Waals surface area contributed by atoms with E-state index in [-0.39, 0.29) is 0 Å². The van der Waals surface area contributed by atoms with Crippen LogP contribution in [0.2, 0.25) is 0 Å². The summed E-state index contributed by atoms with van der Waals surface area (Å²) in [7, 11) is 0. The maximum Gasteiger partial charge on any atom is 0.119 e. The minimum atomic E-state index is -0.674. The van der Waals surface area contributed by atoms with Crippen molar-refractivity contribution in [2.24, 2.45) is 0 Å². The molecule has 2 atom stereocenters. The Morgan fingerprint density at radius 3 is 1.18 bits per heavy atom. The first-order chi connectivity index (χ1) is 25.1. The van der Waals surface area contributed by atoms with E-state index in [1.165, 1.54) is 89.9 Å². The summed E-state index contributed by atoms with van der Waals surface area (Å²) >= 11 is 0. The molecule has 2 N–H and O–H groups in total. The molecule has 0 aliphatic carbocycles. The molecule has 2 unspecified atom stereocenters. The second kappa shape index (κ2) is 31.7. The van der Waals surface area contributed by atoms with Gasteiger partial charge in [-0.2, -0.15) is 0 Å². The van der Waals surface area contributed by atoms with Crippen LogP contribution < -0.4 is 9.47 Å². The fourth-order valence-electron chi connectivity index (χ4n) is 5.85. The van der Waals surface area contributed by atoms with Gasteiger partial charge in [-0.05, 0) is 61.1 Å². The van der Waals surface area contributed by atoms with Crippen LogP contribution in [-0.4, -0.2) is 48.8 Å². The average molecular weight is 703 g/mol. The van der Waals surface area contributed by atoms with Gasteiger partial charge in [-0.3, -0.25) is 0 Å². The van der Waals surface area contributed by atoms with Crippen molar-refractivity contribution < 1.29 is 24.4 Å². The number of aliphatic hydroxyl groups excluding tert-OH is 2. The van der Waals surface area contributed by atoms with Gasteiger partial charge in [0.25, 0.3) is 0 Å². The molecule has 0 saturated heterocycles. The fourth-order valence-corrected chi connectivity index (χ4v) is 5.85. The van der Waals surface area contributed by atoms with Gasteiger partial charge in [0.1, 0.15) is 23.7 Å². The number of unbranched alkanes of at least 4 members (excludes halogenated alkanes) is 16. The number of rotatable bonds is 30. The molecular formula is C46H70O5. The lowest BCUT2D eigenvalue weighted by molar-refractivity contribution is 0.131. The lowest BCUT2D eigenvalue weighted by Crippen LogP contribution is -2.07. The van der Waals surface area contributed by atoms with Gasteiger partial charge < -0.3 is 24.4 Å². The second-order valence-electron chi connectivity index (χ2n) is 13.8. The van der Waals surface area contributed by atoms with Gasteiger partial charge in [0, 0.05) is 38.9 Å². The minimum Gasteiger partial charge on any atom is -0.494 e. The zero-order valence-corrected chi connectivity index (χ0v) is 32.3. The molecule has 0 heterocycles. The predicted molar refractivity (Wildman–Crippen MR) is 213 cm³/mol. The molecule has 51 heavy (non-hydrogen) atoms. The normalized spacial score (nSPS) is 12.0. The number of hydrogen-bond acceptors (Lipinski definition) is 5. The topological polar surface area (TPSA) is 68.2 Å². The monoisotopic (exact) mass is 703 g/mol. The molecule has 0 radical (unpaired) electrons. The summed E-state index contributed by atoms with van der Waals surface area (Å²) in [6, 6.07) is 16.0. The molecule has 2 aromatic rings. The fraction of sp³-hybridized carbons (Fsp3) is 0.652. The Labute approximate surface area is 312 Å². The molecule has 0 amide bonds. The summed E-state index contributed by atoms with van der Waals surface area (Å²) in [5.41, 5.74) is 2.11. The lowest BCUT2D eigenvalue weighted by atomic mass is 10.1. The molecule has 5 heteroatoms. The van der Waals surface area contributed by atoms with Crippen LogP contribution in [0.25, 0.3) is 0 Å². The highest BCUT2D eigenvalue weighted by Crippen LogP contribution is 2.16. The van der Waals surface area contributed by atoms with Gasteiger partial charge in [0.05, 0.1) is 13.2 Å². The smallest absolute Gasteiger partial charge is 0.119 e. The summed E-state index contributed by atoms with van der Waals surface area (Å²) < 4.78 is 17.5. The number of aliphatic hydroxyl groups is 2. The summed E-state index contributed by atoms with van der Waals surface area (Å²) in [5.74, 6) is 13.9. The van der Waals surface area contributed by atoms with Crippen LogP contribution in [0.4, 0.5) is 0 Å². The van der Waals surface area contributed by atoms with Crippen molar-refractivity contribution in [1.82, 2.24) is 0 Å².